The molecule has 166 valence electrons. The summed E-state index contributed by atoms with van der Waals surface area (Å²) in [5.41, 5.74) is 3.39. The zero-order valence-electron chi connectivity index (χ0n) is 17.5. The molecule has 0 bridgehead atoms. The highest BCUT2D eigenvalue weighted by atomic mass is 16.6. The van der Waals surface area contributed by atoms with Crippen LogP contribution in [0.25, 0.3) is 6.08 Å². The minimum absolute atomic E-state index is 0.0442. The lowest BCUT2D eigenvalue weighted by Crippen LogP contribution is -2.17. The fourth-order valence-corrected chi connectivity index (χ4v) is 2.68. The summed E-state index contributed by atoms with van der Waals surface area (Å²) in [7, 11) is 1.56. The number of hydrogen-bond acceptors (Lipinski definition) is 7. The van der Waals surface area contributed by atoms with E-state index in [1.54, 1.807) is 67.8 Å². The van der Waals surface area contributed by atoms with Crippen LogP contribution in [0.15, 0.2) is 84.0 Å². The minimum atomic E-state index is -0.692. The standard InChI is InChI=1S/C24H19N3O6/c1-32-21-11-7-17(8-12-21)9-14-23(28)33-22-13-10-20(27(30)31)15-19(22)16-25-26-24(29)18-5-3-2-4-6-18/h2-16H,1H3,(H,26,29)/b14-9+,25-16+. The molecule has 3 rings (SSSR count). The number of carbonyl (C=O) groups is 2. The van der Waals surface area contributed by atoms with E-state index in [4.69, 9.17) is 9.47 Å². The van der Waals surface area contributed by atoms with E-state index in [9.17, 15) is 19.7 Å². The maximum absolute atomic E-state index is 12.3. The number of nitro benzene ring substituents is 1. The zero-order chi connectivity index (χ0) is 23.6. The van der Waals surface area contributed by atoms with Crippen LogP contribution in [0, 0.1) is 10.1 Å². The molecule has 9 nitrogen and oxygen atoms in total. The van der Waals surface area contributed by atoms with Crippen molar-refractivity contribution in [2.75, 3.05) is 7.11 Å². The molecule has 0 fully saturated rings. The number of hydrogen-bond donors (Lipinski definition) is 1. The number of esters is 1. The summed E-state index contributed by atoms with van der Waals surface area (Å²) in [6.45, 7) is 0. The number of nitrogens with zero attached hydrogens (tertiary/aromatic N) is 2. The average molecular weight is 445 g/mol. The van der Waals surface area contributed by atoms with Gasteiger partial charge in [0.15, 0.2) is 0 Å². The first-order valence-corrected chi connectivity index (χ1v) is 9.67. The third kappa shape index (κ3) is 6.59. The summed E-state index contributed by atoms with van der Waals surface area (Å²) in [5.74, 6) is -0.424. The summed E-state index contributed by atoms with van der Waals surface area (Å²) in [4.78, 5) is 34.9. The number of nitro groups is 1. The second kappa shape index (κ2) is 11.0. The Morgan fingerprint density at radius 1 is 1.03 bits per heavy atom. The first-order chi connectivity index (χ1) is 16.0. The number of methoxy groups -OCH3 is 1. The molecule has 1 N–H and O–H groups in total. The Kier molecular flexibility index (Phi) is 7.63. The molecule has 9 heteroatoms. The van der Waals surface area contributed by atoms with Gasteiger partial charge < -0.3 is 9.47 Å². The molecule has 0 aliphatic heterocycles. The Balaban J connectivity index is 1.73. The molecule has 0 saturated carbocycles. The molecule has 1 amide bonds. The van der Waals surface area contributed by atoms with Crippen molar-refractivity contribution in [2.45, 2.75) is 0 Å². The van der Waals surface area contributed by atoms with Crippen LogP contribution >= 0.6 is 0 Å². The molecule has 0 aromatic heterocycles. The van der Waals surface area contributed by atoms with Gasteiger partial charge in [-0.1, -0.05) is 30.3 Å². The van der Waals surface area contributed by atoms with E-state index in [2.05, 4.69) is 10.5 Å². The van der Waals surface area contributed by atoms with Crippen LogP contribution in [0.1, 0.15) is 21.5 Å². The largest absolute Gasteiger partial charge is 0.497 e. The van der Waals surface area contributed by atoms with Crippen LogP contribution in [-0.4, -0.2) is 30.1 Å². The SMILES string of the molecule is COc1ccc(/C=C/C(=O)Oc2ccc([N+](=O)[O-])cc2/C=N/NC(=O)c2ccccc2)cc1. The molecule has 0 unspecified atom stereocenters. The highest BCUT2D eigenvalue weighted by Gasteiger charge is 2.13. The van der Waals surface area contributed by atoms with Gasteiger partial charge in [-0.05, 0) is 42.0 Å². The average Bonchev–Trinajstić information content (AvgIpc) is 2.84. The monoisotopic (exact) mass is 445 g/mol. The van der Waals surface area contributed by atoms with Gasteiger partial charge >= 0.3 is 5.97 Å². The summed E-state index contributed by atoms with van der Waals surface area (Å²) in [6, 6.07) is 19.1. The summed E-state index contributed by atoms with van der Waals surface area (Å²) >= 11 is 0. The summed E-state index contributed by atoms with van der Waals surface area (Å²) < 4.78 is 10.4. The van der Waals surface area contributed by atoms with E-state index in [0.717, 1.165) is 5.56 Å². The molecule has 3 aromatic rings. The minimum Gasteiger partial charge on any atom is -0.497 e. The van der Waals surface area contributed by atoms with E-state index >= 15 is 0 Å². The Morgan fingerprint density at radius 2 is 1.76 bits per heavy atom. The molecule has 0 atom stereocenters. The highest BCUT2D eigenvalue weighted by molar-refractivity contribution is 5.95. The Hall–Kier alpha value is -4.79. The molecule has 0 spiro atoms. The van der Waals surface area contributed by atoms with Crippen LogP contribution in [0.4, 0.5) is 5.69 Å². The highest BCUT2D eigenvalue weighted by Crippen LogP contribution is 2.23. The molecule has 33 heavy (non-hydrogen) atoms. The van der Waals surface area contributed by atoms with Crippen molar-refractivity contribution in [3.8, 4) is 11.5 Å². The first kappa shape index (κ1) is 22.9. The van der Waals surface area contributed by atoms with Gasteiger partial charge in [0.2, 0.25) is 0 Å². The fraction of sp³-hybridized carbons (Fsp3) is 0.0417. The maximum atomic E-state index is 12.3. The van der Waals surface area contributed by atoms with Crippen LogP contribution < -0.4 is 14.9 Å². The fourth-order valence-electron chi connectivity index (χ4n) is 2.68. The number of rotatable bonds is 8. The van der Waals surface area contributed by atoms with Crippen LogP contribution in [0.5, 0.6) is 11.5 Å². The quantitative estimate of drug-likeness (QED) is 0.140. The number of amides is 1. The van der Waals surface area contributed by atoms with Crippen molar-refractivity contribution >= 4 is 29.9 Å². The van der Waals surface area contributed by atoms with Gasteiger partial charge in [0.25, 0.3) is 11.6 Å². The van der Waals surface area contributed by atoms with Crippen molar-refractivity contribution in [1.82, 2.24) is 5.43 Å². The predicted molar refractivity (Wildman–Crippen MR) is 122 cm³/mol. The van der Waals surface area contributed by atoms with Crippen molar-refractivity contribution in [3.05, 3.63) is 106 Å². The summed E-state index contributed by atoms with van der Waals surface area (Å²) in [6.07, 6.45) is 3.95. The molecule has 0 radical (unpaired) electrons. The van der Waals surface area contributed by atoms with Gasteiger partial charge in [0.05, 0.1) is 18.2 Å². The molecule has 0 heterocycles. The molecule has 0 saturated heterocycles. The number of carbonyl (C=O) groups excluding carboxylic acids is 2. The van der Waals surface area contributed by atoms with Gasteiger partial charge in [-0.15, -0.1) is 0 Å². The van der Waals surface area contributed by atoms with Crippen LogP contribution in [0.3, 0.4) is 0 Å². The number of hydrazone groups is 1. The second-order valence-corrected chi connectivity index (χ2v) is 6.57. The Bertz CT molecular complexity index is 1200. The number of benzene rings is 3. The molecule has 3 aromatic carbocycles. The van der Waals surface area contributed by atoms with Crippen molar-refractivity contribution in [3.63, 3.8) is 0 Å². The zero-order valence-corrected chi connectivity index (χ0v) is 17.5. The molecule has 0 aliphatic rings. The predicted octanol–water partition coefficient (Wildman–Crippen LogP) is 3.99. The van der Waals surface area contributed by atoms with Gasteiger partial charge in [-0.25, -0.2) is 10.2 Å². The lowest BCUT2D eigenvalue weighted by Gasteiger charge is -2.06. The topological polar surface area (TPSA) is 120 Å². The summed E-state index contributed by atoms with van der Waals surface area (Å²) in [5, 5.41) is 15.0. The normalized spacial score (nSPS) is 10.8. The van der Waals surface area contributed by atoms with Crippen LogP contribution in [0.2, 0.25) is 0 Å². The maximum Gasteiger partial charge on any atom is 0.336 e. The third-order valence-electron chi connectivity index (χ3n) is 4.35. The first-order valence-electron chi connectivity index (χ1n) is 9.67. The van der Waals surface area contributed by atoms with Crippen molar-refractivity contribution < 1.29 is 24.0 Å². The van der Waals surface area contributed by atoms with E-state index < -0.39 is 16.8 Å². The smallest absolute Gasteiger partial charge is 0.336 e. The third-order valence-corrected chi connectivity index (χ3v) is 4.35. The molecular formula is C24H19N3O6. The van der Waals surface area contributed by atoms with Gasteiger partial charge in [-0.2, -0.15) is 5.10 Å². The molecule has 0 aliphatic carbocycles. The second-order valence-electron chi connectivity index (χ2n) is 6.57. The Morgan fingerprint density at radius 3 is 2.42 bits per heavy atom. The Labute approximate surface area is 189 Å². The number of ether oxygens (including phenoxy) is 2. The van der Waals surface area contributed by atoms with E-state index in [1.807, 2.05) is 0 Å². The lowest BCUT2D eigenvalue weighted by molar-refractivity contribution is -0.384. The number of non-ortho nitro benzene ring substituents is 1. The van der Waals surface area contributed by atoms with E-state index in [1.165, 1.54) is 30.5 Å². The van der Waals surface area contributed by atoms with Gasteiger partial charge in [-0.3, -0.25) is 14.9 Å². The molecular weight excluding hydrogens is 426 g/mol. The number of nitrogens with one attached hydrogen (secondary N) is 1. The van der Waals surface area contributed by atoms with Crippen LogP contribution in [-0.2, 0) is 4.79 Å². The van der Waals surface area contributed by atoms with Crippen molar-refractivity contribution in [2.24, 2.45) is 5.10 Å². The van der Waals surface area contributed by atoms with Crippen molar-refractivity contribution in [1.29, 1.82) is 0 Å². The lowest BCUT2D eigenvalue weighted by atomic mass is 10.2. The van der Waals surface area contributed by atoms with E-state index in [0.29, 0.717) is 11.3 Å². The van der Waals surface area contributed by atoms with E-state index in [-0.39, 0.29) is 17.0 Å². The van der Waals surface area contributed by atoms with Gasteiger partial charge in [0.1, 0.15) is 11.5 Å². The van der Waals surface area contributed by atoms with Gasteiger partial charge in [0, 0.05) is 29.3 Å².